The van der Waals surface area contributed by atoms with E-state index in [-0.39, 0.29) is 24.1 Å². The van der Waals surface area contributed by atoms with Gasteiger partial charge in [-0.15, -0.1) is 0 Å². The van der Waals surface area contributed by atoms with Crippen molar-refractivity contribution in [3.05, 3.63) is 52.7 Å². The second-order valence-corrected chi connectivity index (χ2v) is 8.84. The molecule has 0 amide bonds. The molecule has 33 heavy (non-hydrogen) atoms. The lowest BCUT2D eigenvalue weighted by atomic mass is 9.92. The molecular weight excluding hydrogens is 428 g/mol. The first kappa shape index (κ1) is 21.7. The van der Waals surface area contributed by atoms with Crippen LogP contribution in [-0.4, -0.2) is 71.7 Å². The van der Waals surface area contributed by atoms with Gasteiger partial charge in [-0.1, -0.05) is 0 Å². The van der Waals surface area contributed by atoms with Crippen molar-refractivity contribution in [2.24, 2.45) is 5.92 Å². The number of nitrogens with zero attached hydrogens (tertiary/aromatic N) is 6. The fourth-order valence-electron chi connectivity index (χ4n) is 5.16. The molecule has 2 aromatic heterocycles. The van der Waals surface area contributed by atoms with Gasteiger partial charge >= 0.3 is 0 Å². The fraction of sp³-hybridized carbons (Fsp3) is 0.500. The van der Waals surface area contributed by atoms with E-state index in [2.05, 4.69) is 19.9 Å². The number of anilines is 1. The van der Waals surface area contributed by atoms with Gasteiger partial charge in [0.25, 0.3) is 5.69 Å². The quantitative estimate of drug-likeness (QED) is 0.384. The van der Waals surface area contributed by atoms with E-state index < -0.39 is 23.2 Å². The predicted molar refractivity (Wildman–Crippen MR) is 119 cm³/mol. The minimum absolute atomic E-state index is 0.0813. The van der Waals surface area contributed by atoms with Crippen LogP contribution >= 0.6 is 0 Å². The zero-order chi connectivity index (χ0) is 23.1. The molecule has 174 valence electrons. The average molecular weight is 454 g/mol. The number of piperidine rings is 1. The summed E-state index contributed by atoms with van der Waals surface area (Å²) in [6.07, 6.45) is 3.32. The average Bonchev–Trinajstić information content (AvgIpc) is 3.40. The van der Waals surface area contributed by atoms with Crippen LogP contribution in [0.15, 0.2) is 36.9 Å². The maximum Gasteiger partial charge on any atom is 0.269 e. The molecule has 3 N–H and O–H groups in total. The summed E-state index contributed by atoms with van der Waals surface area (Å²) >= 11 is 0. The Balaban J connectivity index is 1.34. The standard InChI is InChI=1S/C22H26N6O5/c29-10-14-9-17(21(31)20(14)30)27-12-25-19-18(23-11-24-22(19)27)13-5-7-26(8-6-13)15-1-3-16(4-2-15)28(32)33/h1-4,11-14,17,20-21,29-31H,5-10H2/t14-,17+,20+,21-/m0/s1. The zero-order valence-corrected chi connectivity index (χ0v) is 17.9. The molecule has 1 aliphatic heterocycles. The Labute approximate surface area is 189 Å². The van der Waals surface area contributed by atoms with Crippen molar-refractivity contribution in [1.82, 2.24) is 19.5 Å². The van der Waals surface area contributed by atoms with E-state index in [0.717, 1.165) is 37.3 Å². The summed E-state index contributed by atoms with van der Waals surface area (Å²) in [5.74, 6) is -0.190. The van der Waals surface area contributed by atoms with Gasteiger partial charge < -0.3 is 24.8 Å². The fourth-order valence-corrected chi connectivity index (χ4v) is 5.16. The number of aliphatic hydroxyl groups is 3. The monoisotopic (exact) mass is 454 g/mol. The molecule has 0 unspecified atom stereocenters. The van der Waals surface area contributed by atoms with E-state index in [9.17, 15) is 25.4 Å². The summed E-state index contributed by atoms with van der Waals surface area (Å²) in [6, 6.07) is 6.21. The number of non-ortho nitro benzene ring substituents is 1. The number of hydrogen-bond donors (Lipinski definition) is 3. The van der Waals surface area contributed by atoms with Gasteiger partial charge in [-0.05, 0) is 31.4 Å². The summed E-state index contributed by atoms with van der Waals surface area (Å²) < 4.78 is 1.79. The number of nitro groups is 1. The third-order valence-electron chi connectivity index (χ3n) is 7.06. The molecule has 2 aliphatic rings. The highest BCUT2D eigenvalue weighted by Gasteiger charge is 2.42. The van der Waals surface area contributed by atoms with Crippen LogP contribution in [0.1, 0.15) is 36.9 Å². The smallest absolute Gasteiger partial charge is 0.269 e. The number of imidazole rings is 1. The van der Waals surface area contributed by atoms with E-state index in [1.54, 1.807) is 23.0 Å². The van der Waals surface area contributed by atoms with Crippen molar-refractivity contribution >= 4 is 22.5 Å². The van der Waals surface area contributed by atoms with Gasteiger partial charge in [0.05, 0.1) is 29.1 Å². The zero-order valence-electron chi connectivity index (χ0n) is 17.9. The van der Waals surface area contributed by atoms with Crippen LogP contribution in [-0.2, 0) is 0 Å². The minimum Gasteiger partial charge on any atom is -0.396 e. The maximum atomic E-state index is 10.9. The normalized spacial score (nSPS) is 26.2. The van der Waals surface area contributed by atoms with Crippen molar-refractivity contribution in [2.45, 2.75) is 43.4 Å². The first-order valence-electron chi connectivity index (χ1n) is 11.1. The molecule has 11 heteroatoms. The van der Waals surface area contributed by atoms with Gasteiger partial charge in [0.2, 0.25) is 0 Å². The predicted octanol–water partition coefficient (Wildman–Crippen LogP) is 1.39. The molecule has 4 atom stereocenters. The van der Waals surface area contributed by atoms with E-state index in [1.807, 2.05) is 0 Å². The molecule has 2 fully saturated rings. The molecule has 0 bridgehead atoms. The topological polar surface area (TPSA) is 151 Å². The molecular formula is C22H26N6O5. The van der Waals surface area contributed by atoms with Gasteiger partial charge in [0.1, 0.15) is 17.9 Å². The SMILES string of the molecule is O=[N+]([O-])c1ccc(N2CCC(c3ncnc4c3ncn4[C@@H]3C[C@@H](CO)[C@@H](O)[C@H]3O)CC2)cc1. The number of aliphatic hydroxyl groups excluding tert-OH is 3. The molecule has 0 radical (unpaired) electrons. The first-order valence-corrected chi connectivity index (χ1v) is 11.1. The summed E-state index contributed by atoms with van der Waals surface area (Å²) in [5, 5.41) is 41.1. The maximum absolute atomic E-state index is 10.9. The summed E-state index contributed by atoms with van der Waals surface area (Å²) in [6.45, 7) is 1.40. The number of hydrogen-bond acceptors (Lipinski definition) is 9. The van der Waals surface area contributed by atoms with Crippen LogP contribution in [0, 0.1) is 16.0 Å². The third-order valence-corrected chi connectivity index (χ3v) is 7.06. The van der Waals surface area contributed by atoms with Gasteiger partial charge in [0.15, 0.2) is 5.65 Å². The highest BCUT2D eigenvalue weighted by Crippen LogP contribution is 2.38. The van der Waals surface area contributed by atoms with Crippen LogP contribution in [0.5, 0.6) is 0 Å². The molecule has 1 aliphatic carbocycles. The van der Waals surface area contributed by atoms with E-state index >= 15 is 0 Å². The summed E-state index contributed by atoms with van der Waals surface area (Å²) in [7, 11) is 0. The van der Waals surface area contributed by atoms with Gasteiger partial charge in [-0.2, -0.15) is 0 Å². The molecule has 3 heterocycles. The lowest BCUT2D eigenvalue weighted by molar-refractivity contribution is -0.384. The summed E-state index contributed by atoms with van der Waals surface area (Å²) in [5.41, 5.74) is 3.23. The Morgan fingerprint density at radius 1 is 1.06 bits per heavy atom. The lowest BCUT2D eigenvalue weighted by Gasteiger charge is -2.33. The van der Waals surface area contributed by atoms with Crippen molar-refractivity contribution in [3.8, 4) is 0 Å². The first-order chi connectivity index (χ1) is 16.0. The molecule has 1 saturated carbocycles. The Morgan fingerprint density at radius 3 is 2.42 bits per heavy atom. The highest BCUT2D eigenvalue weighted by atomic mass is 16.6. The second-order valence-electron chi connectivity index (χ2n) is 8.84. The molecule has 3 aromatic rings. The van der Waals surface area contributed by atoms with Crippen molar-refractivity contribution < 1.29 is 20.2 Å². The molecule has 11 nitrogen and oxygen atoms in total. The van der Waals surface area contributed by atoms with Crippen LogP contribution in [0.2, 0.25) is 0 Å². The largest absolute Gasteiger partial charge is 0.396 e. The Morgan fingerprint density at radius 2 is 1.79 bits per heavy atom. The second kappa shape index (κ2) is 8.65. The van der Waals surface area contributed by atoms with Crippen LogP contribution < -0.4 is 4.90 Å². The number of benzene rings is 1. The Bertz CT molecular complexity index is 1140. The van der Waals surface area contributed by atoms with Crippen molar-refractivity contribution in [2.75, 3.05) is 24.6 Å². The highest BCUT2D eigenvalue weighted by molar-refractivity contribution is 5.74. The summed E-state index contributed by atoms with van der Waals surface area (Å²) in [4.78, 5) is 26.2. The van der Waals surface area contributed by atoms with E-state index in [1.165, 1.54) is 18.5 Å². The van der Waals surface area contributed by atoms with Crippen LogP contribution in [0.3, 0.4) is 0 Å². The number of nitro benzene ring substituents is 1. The third kappa shape index (κ3) is 3.81. The molecule has 5 rings (SSSR count). The van der Waals surface area contributed by atoms with Crippen molar-refractivity contribution in [3.63, 3.8) is 0 Å². The van der Waals surface area contributed by atoms with Crippen LogP contribution in [0.4, 0.5) is 11.4 Å². The van der Waals surface area contributed by atoms with Crippen LogP contribution in [0.25, 0.3) is 11.2 Å². The lowest BCUT2D eigenvalue weighted by Crippen LogP contribution is -2.33. The molecule has 1 saturated heterocycles. The van der Waals surface area contributed by atoms with Crippen molar-refractivity contribution in [1.29, 1.82) is 0 Å². The Kier molecular flexibility index (Phi) is 5.69. The number of fused-ring (bicyclic) bond motifs is 1. The van der Waals surface area contributed by atoms with Gasteiger partial charge in [-0.3, -0.25) is 10.1 Å². The van der Waals surface area contributed by atoms with E-state index in [0.29, 0.717) is 17.6 Å². The Hall–Kier alpha value is -3.15. The molecule has 0 spiro atoms. The molecule has 1 aromatic carbocycles. The van der Waals surface area contributed by atoms with Gasteiger partial charge in [-0.25, -0.2) is 15.0 Å². The van der Waals surface area contributed by atoms with E-state index in [4.69, 9.17) is 0 Å². The van der Waals surface area contributed by atoms with Gasteiger partial charge in [0, 0.05) is 49.4 Å². The number of aromatic nitrogens is 4. The minimum atomic E-state index is -0.997. The number of rotatable bonds is 5.